The average molecular weight is 597 g/mol. The fraction of sp³-hybridized carbons (Fsp3) is 0.643. The molecule has 0 spiro atoms. The highest BCUT2D eigenvalue weighted by molar-refractivity contribution is 5.88. The number of aromatic carboxylic acids is 1. The molecule has 0 bridgehead atoms. The van der Waals surface area contributed by atoms with Gasteiger partial charge in [-0.15, -0.1) is 38.5 Å². The van der Waals surface area contributed by atoms with Crippen LogP contribution in [-0.4, -0.2) is 11.1 Å². The molecule has 2 heteroatoms. The maximum atomic E-state index is 11.4. The van der Waals surface area contributed by atoms with Crippen LogP contribution in [0.1, 0.15) is 135 Å². The quantitative estimate of drug-likeness (QED) is 0.352. The predicted molar refractivity (Wildman–Crippen MR) is 189 cm³/mol. The van der Waals surface area contributed by atoms with E-state index in [1.807, 2.05) is 26.0 Å². The van der Waals surface area contributed by atoms with Crippen LogP contribution < -0.4 is 0 Å². The van der Waals surface area contributed by atoms with E-state index in [1.165, 1.54) is 81.8 Å². The third-order valence-electron chi connectivity index (χ3n) is 13.4. The van der Waals surface area contributed by atoms with Gasteiger partial charge in [-0.2, -0.15) is 0 Å². The topological polar surface area (TPSA) is 37.3 Å². The molecule has 2 nitrogen and oxygen atoms in total. The van der Waals surface area contributed by atoms with Gasteiger partial charge in [0.2, 0.25) is 0 Å². The van der Waals surface area contributed by atoms with E-state index >= 15 is 0 Å². The van der Waals surface area contributed by atoms with Gasteiger partial charge in [-0.3, -0.25) is 0 Å². The van der Waals surface area contributed by atoms with Gasteiger partial charge in [0.15, 0.2) is 0 Å². The van der Waals surface area contributed by atoms with Crippen molar-refractivity contribution in [3.63, 3.8) is 0 Å². The molecule has 44 heavy (non-hydrogen) atoms. The number of terminal acetylenes is 3. The van der Waals surface area contributed by atoms with Gasteiger partial charge in [0, 0.05) is 0 Å². The molecule has 4 saturated carbocycles. The summed E-state index contributed by atoms with van der Waals surface area (Å²) < 4.78 is 0. The second kappa shape index (κ2) is 14.9. The van der Waals surface area contributed by atoms with E-state index < -0.39 is 5.97 Å². The predicted octanol–water partition coefficient (Wildman–Crippen LogP) is 11.0. The first kappa shape index (κ1) is 37.3. The Labute approximate surface area is 271 Å². The molecule has 8 atom stereocenters. The van der Waals surface area contributed by atoms with Crippen LogP contribution in [0.3, 0.4) is 0 Å². The van der Waals surface area contributed by atoms with E-state index in [4.69, 9.17) is 0 Å². The summed E-state index contributed by atoms with van der Waals surface area (Å²) in [5.74, 6) is 3.60. The number of carbonyl (C=O) groups is 1. The van der Waals surface area contributed by atoms with E-state index in [0.29, 0.717) is 27.7 Å². The first-order valence-corrected chi connectivity index (χ1v) is 17.1. The first-order valence-electron chi connectivity index (χ1n) is 17.1. The minimum Gasteiger partial charge on any atom is -0.478 e. The average Bonchev–Trinajstić information content (AvgIpc) is 3.50. The number of rotatable bonds is 3. The zero-order valence-corrected chi connectivity index (χ0v) is 28.9. The maximum Gasteiger partial charge on any atom is 0.335 e. The molecule has 1 N–H and O–H groups in total. The minimum absolute atomic E-state index is 0.102. The van der Waals surface area contributed by atoms with E-state index in [1.54, 1.807) is 12.1 Å². The molecular formula is C42H60O2. The number of hydrogen-bond donors (Lipinski definition) is 1. The van der Waals surface area contributed by atoms with Crippen molar-refractivity contribution in [2.75, 3.05) is 0 Å². The molecule has 0 radical (unpaired) electrons. The SMILES string of the molecule is C#C.C#C.C#C.CC.CC[C@]12CCCC1[C@H]1CCC3[C@@](C)(CCC4C(C)(C)C(c5ccc(C(=O)O)cc5)=CC[C@@]43C)C1CC2. The number of hydrogen-bond acceptors (Lipinski definition) is 1. The summed E-state index contributed by atoms with van der Waals surface area (Å²) >= 11 is 0. The van der Waals surface area contributed by atoms with Gasteiger partial charge in [-0.25, -0.2) is 4.79 Å². The Bertz CT molecular complexity index is 1180. The number of benzene rings is 1. The number of fused-ring (bicyclic) bond motifs is 7. The Balaban J connectivity index is 0.000000783. The van der Waals surface area contributed by atoms with Crippen molar-refractivity contribution in [2.45, 2.75) is 119 Å². The zero-order chi connectivity index (χ0) is 33.5. The van der Waals surface area contributed by atoms with Crippen LogP contribution in [0.4, 0.5) is 0 Å². The summed E-state index contributed by atoms with van der Waals surface area (Å²) in [5.41, 5.74) is 4.69. The standard InChI is InChI=1S/C34H48O2.C2H6.3C2H2/c1-6-34-18-7-8-27(34)24-13-14-29-32(4,26(24)16-21-34)20-17-28-31(2,3)25(15-19-33(28,29)5)22-9-11-23(12-10-22)30(35)36;4*1-2/h9-12,15,24,26-29H,6-8,13-14,16-21H2,1-5H3,(H,35,36);1-2H3;3*1-2H/t24-,26?,27?,28?,29?,32-,33-,34+;;;;/m0..../s1. The molecular weight excluding hydrogens is 536 g/mol. The van der Waals surface area contributed by atoms with Gasteiger partial charge in [0.05, 0.1) is 5.56 Å². The van der Waals surface area contributed by atoms with Crippen molar-refractivity contribution in [2.24, 2.45) is 51.2 Å². The lowest BCUT2D eigenvalue weighted by Crippen LogP contribution is -2.61. The highest BCUT2D eigenvalue weighted by Crippen LogP contribution is 2.73. The van der Waals surface area contributed by atoms with Crippen LogP contribution in [0.2, 0.25) is 0 Å². The van der Waals surface area contributed by atoms with Gasteiger partial charge in [0.1, 0.15) is 0 Å². The molecule has 1 aromatic carbocycles. The fourth-order valence-electron chi connectivity index (χ4n) is 11.9. The third-order valence-corrected chi connectivity index (χ3v) is 13.4. The van der Waals surface area contributed by atoms with Gasteiger partial charge >= 0.3 is 5.97 Å². The molecule has 0 saturated heterocycles. The van der Waals surface area contributed by atoms with E-state index in [2.05, 4.69) is 79.2 Å². The van der Waals surface area contributed by atoms with Gasteiger partial charge in [-0.1, -0.05) is 79.5 Å². The normalized spacial score (nSPS) is 37.1. The van der Waals surface area contributed by atoms with Gasteiger partial charge < -0.3 is 5.11 Å². The molecule has 1 aromatic rings. The number of allylic oxidation sites excluding steroid dienone is 2. The molecule has 5 aliphatic rings. The van der Waals surface area contributed by atoms with Crippen LogP contribution in [0.25, 0.3) is 5.57 Å². The summed E-state index contributed by atoms with van der Waals surface area (Å²) in [6.07, 6.45) is 42.3. The molecule has 0 aliphatic heterocycles. The Morgan fingerprint density at radius 1 is 0.773 bits per heavy atom. The smallest absolute Gasteiger partial charge is 0.335 e. The summed E-state index contributed by atoms with van der Waals surface area (Å²) in [6, 6.07) is 7.65. The van der Waals surface area contributed by atoms with Crippen LogP contribution in [0.15, 0.2) is 30.3 Å². The Morgan fingerprint density at radius 2 is 1.39 bits per heavy atom. The molecule has 6 rings (SSSR count). The van der Waals surface area contributed by atoms with Crippen molar-refractivity contribution >= 4 is 11.5 Å². The molecule has 0 amide bonds. The Kier molecular flexibility index (Phi) is 12.7. The van der Waals surface area contributed by atoms with Crippen molar-refractivity contribution in [1.29, 1.82) is 0 Å². The van der Waals surface area contributed by atoms with Crippen LogP contribution >= 0.6 is 0 Å². The van der Waals surface area contributed by atoms with Crippen molar-refractivity contribution < 1.29 is 9.90 Å². The molecule has 4 unspecified atom stereocenters. The van der Waals surface area contributed by atoms with Crippen LogP contribution in [0, 0.1) is 89.8 Å². The number of carboxylic acid groups (broad SMARTS) is 1. The zero-order valence-electron chi connectivity index (χ0n) is 28.9. The molecule has 5 aliphatic carbocycles. The van der Waals surface area contributed by atoms with E-state index in [0.717, 1.165) is 23.7 Å². The summed E-state index contributed by atoms with van der Waals surface area (Å²) in [6.45, 7) is 16.9. The second-order valence-electron chi connectivity index (χ2n) is 14.7. The van der Waals surface area contributed by atoms with Crippen LogP contribution in [-0.2, 0) is 0 Å². The van der Waals surface area contributed by atoms with Gasteiger partial charge in [-0.05, 0) is 132 Å². The molecule has 240 valence electrons. The minimum atomic E-state index is -0.843. The lowest BCUT2D eigenvalue weighted by atomic mass is 9.36. The highest BCUT2D eigenvalue weighted by Gasteiger charge is 2.65. The molecule has 0 aromatic heterocycles. The fourth-order valence-corrected chi connectivity index (χ4v) is 11.9. The third kappa shape index (κ3) is 5.90. The second-order valence-corrected chi connectivity index (χ2v) is 14.7. The monoisotopic (exact) mass is 596 g/mol. The first-order chi connectivity index (χ1) is 21.1. The summed E-state index contributed by atoms with van der Waals surface area (Å²) in [7, 11) is 0. The van der Waals surface area contributed by atoms with Crippen molar-refractivity contribution in [3.05, 3.63) is 41.5 Å². The van der Waals surface area contributed by atoms with Gasteiger partial charge in [0.25, 0.3) is 0 Å². The summed E-state index contributed by atoms with van der Waals surface area (Å²) in [4.78, 5) is 11.4. The lowest BCUT2D eigenvalue weighted by molar-refractivity contribution is -0.178. The highest BCUT2D eigenvalue weighted by atomic mass is 16.4. The maximum absolute atomic E-state index is 11.4. The molecule has 4 fully saturated rings. The van der Waals surface area contributed by atoms with E-state index in [9.17, 15) is 9.90 Å². The Hall–Kier alpha value is -2.89. The van der Waals surface area contributed by atoms with E-state index in [-0.39, 0.29) is 5.41 Å². The van der Waals surface area contributed by atoms with Crippen molar-refractivity contribution in [1.82, 2.24) is 0 Å². The Morgan fingerprint density at radius 3 is 1.95 bits per heavy atom. The lowest BCUT2D eigenvalue weighted by Gasteiger charge is -2.68. The summed E-state index contributed by atoms with van der Waals surface area (Å²) in [5, 5.41) is 9.36. The largest absolute Gasteiger partial charge is 0.478 e. The number of carboxylic acids is 1. The molecule has 0 heterocycles. The van der Waals surface area contributed by atoms with Crippen molar-refractivity contribution in [3.8, 4) is 38.5 Å². The van der Waals surface area contributed by atoms with Crippen LogP contribution in [0.5, 0.6) is 0 Å².